The Hall–Kier alpha value is -2.71. The summed E-state index contributed by atoms with van der Waals surface area (Å²) in [5, 5.41) is 10.3. The molecule has 0 aliphatic carbocycles. The van der Waals surface area contributed by atoms with Crippen molar-refractivity contribution < 1.29 is 18.4 Å². The van der Waals surface area contributed by atoms with Gasteiger partial charge in [-0.25, -0.2) is 13.5 Å². The molecule has 1 N–H and O–H groups in total. The van der Waals surface area contributed by atoms with Gasteiger partial charge < -0.3 is 0 Å². The molecule has 1 aliphatic heterocycles. The maximum Gasteiger partial charge on any atom is 0.272 e. The van der Waals surface area contributed by atoms with Crippen molar-refractivity contribution in [2.24, 2.45) is 5.92 Å². The zero-order valence-electron chi connectivity index (χ0n) is 13.6. The van der Waals surface area contributed by atoms with Gasteiger partial charge in [0.25, 0.3) is 5.92 Å². The molecule has 0 saturated carbocycles. The monoisotopic (exact) mass is 349 g/mol. The number of pyridine rings is 1. The third kappa shape index (κ3) is 4.23. The molecule has 3 rings (SSSR count). The third-order valence-electron chi connectivity index (χ3n) is 4.04. The molecule has 0 spiro atoms. The zero-order chi connectivity index (χ0) is 18.0. The van der Waals surface area contributed by atoms with E-state index < -0.39 is 5.92 Å². The molecule has 132 valence electrons. The highest BCUT2D eigenvalue weighted by atomic mass is 19.3. The van der Waals surface area contributed by atoms with E-state index in [9.17, 15) is 18.4 Å². The van der Waals surface area contributed by atoms with E-state index in [2.05, 4.69) is 20.6 Å². The average Bonchev–Trinajstić information content (AvgIpc) is 2.97. The molecule has 1 aliphatic rings. The maximum atomic E-state index is 13.4. The number of carbonyl (C=O) groups excluding carboxylic acids is 2. The van der Waals surface area contributed by atoms with Gasteiger partial charge in [-0.2, -0.15) is 0 Å². The first-order valence-corrected chi connectivity index (χ1v) is 7.86. The Labute approximate surface area is 142 Å². The molecule has 9 heteroatoms. The Balaban J connectivity index is 1.66. The van der Waals surface area contributed by atoms with Crippen LogP contribution in [0.4, 0.5) is 8.78 Å². The van der Waals surface area contributed by atoms with E-state index in [0.29, 0.717) is 30.5 Å². The molecule has 2 amide bonds. The van der Waals surface area contributed by atoms with Crippen LogP contribution in [0.15, 0.2) is 24.7 Å². The summed E-state index contributed by atoms with van der Waals surface area (Å²) in [6, 6.07) is 1.38. The number of rotatable bonds is 5. The minimum atomic E-state index is -2.96. The fraction of sp³-hybridized carbons (Fsp3) is 0.438. The highest BCUT2D eigenvalue weighted by Gasteiger charge is 2.27. The van der Waals surface area contributed by atoms with Crippen molar-refractivity contribution >= 4 is 11.8 Å². The second-order valence-electron chi connectivity index (χ2n) is 6.23. The van der Waals surface area contributed by atoms with Crippen molar-refractivity contribution in [2.75, 3.05) is 0 Å². The summed E-state index contributed by atoms with van der Waals surface area (Å²) in [5.41, 5.74) is 1.03. The van der Waals surface area contributed by atoms with Gasteiger partial charge in [0, 0.05) is 49.8 Å². The van der Waals surface area contributed by atoms with Crippen LogP contribution in [-0.4, -0.2) is 31.8 Å². The summed E-state index contributed by atoms with van der Waals surface area (Å²) in [5.74, 6) is -3.83. The van der Waals surface area contributed by atoms with E-state index in [-0.39, 0.29) is 29.8 Å². The first-order chi connectivity index (χ1) is 11.8. The van der Waals surface area contributed by atoms with Crippen LogP contribution in [0.5, 0.6) is 0 Å². The highest BCUT2D eigenvalue weighted by Crippen LogP contribution is 2.26. The van der Waals surface area contributed by atoms with Gasteiger partial charge in [0.2, 0.25) is 11.8 Å². The molecule has 1 fully saturated rings. The van der Waals surface area contributed by atoms with Crippen molar-refractivity contribution in [2.45, 2.75) is 38.7 Å². The van der Waals surface area contributed by atoms with Gasteiger partial charge in [-0.05, 0) is 18.1 Å². The van der Waals surface area contributed by atoms with E-state index in [1.165, 1.54) is 16.9 Å². The van der Waals surface area contributed by atoms with Crippen LogP contribution in [0.3, 0.4) is 0 Å². The molecular weight excluding hydrogens is 332 g/mol. The van der Waals surface area contributed by atoms with Gasteiger partial charge in [-0.3, -0.25) is 19.9 Å². The molecular formula is C16H17F2N5O2. The number of nitrogens with zero attached hydrogens (tertiary/aromatic N) is 4. The fourth-order valence-electron chi connectivity index (χ4n) is 2.70. The second-order valence-corrected chi connectivity index (χ2v) is 6.23. The molecule has 0 aromatic carbocycles. The van der Waals surface area contributed by atoms with Crippen LogP contribution in [0.1, 0.15) is 36.6 Å². The van der Waals surface area contributed by atoms with Crippen LogP contribution in [0.25, 0.3) is 0 Å². The topological polar surface area (TPSA) is 89.8 Å². The lowest BCUT2D eigenvalue weighted by Gasteiger charge is -2.19. The Kier molecular flexibility index (Phi) is 4.56. The lowest BCUT2D eigenvalue weighted by Crippen LogP contribution is -2.41. The molecule has 2 aromatic rings. The Morgan fingerprint density at radius 1 is 1.36 bits per heavy atom. The van der Waals surface area contributed by atoms with Crippen LogP contribution >= 0.6 is 0 Å². The number of amides is 2. The number of halogens is 2. The lowest BCUT2D eigenvalue weighted by molar-refractivity contribution is -0.136. The number of hydrogen-bond acceptors (Lipinski definition) is 5. The van der Waals surface area contributed by atoms with Gasteiger partial charge in [0.15, 0.2) is 0 Å². The van der Waals surface area contributed by atoms with Crippen molar-refractivity contribution in [1.82, 2.24) is 25.3 Å². The SMILES string of the molecule is CC(F)(F)c1cncc(Cn2cc(CC3CCC(=O)NC3=O)nn2)c1. The number of piperidine rings is 1. The molecule has 1 atom stereocenters. The Morgan fingerprint density at radius 3 is 2.88 bits per heavy atom. The number of nitrogens with one attached hydrogen (secondary N) is 1. The number of imide groups is 1. The van der Waals surface area contributed by atoms with Gasteiger partial charge in [-0.15, -0.1) is 5.10 Å². The quantitative estimate of drug-likeness (QED) is 0.825. The minimum absolute atomic E-state index is 0.158. The second kappa shape index (κ2) is 6.66. The molecule has 0 bridgehead atoms. The van der Waals surface area contributed by atoms with E-state index in [0.717, 1.165) is 13.1 Å². The average molecular weight is 349 g/mol. The standard InChI is InChI=1S/C16H17F2N5O2/c1-16(17,18)12-4-10(6-19-7-12)8-23-9-13(21-22-23)5-11-2-3-14(24)20-15(11)25/h4,6-7,9,11H,2-3,5,8H2,1H3,(H,20,24,25). The Morgan fingerprint density at radius 2 is 2.16 bits per heavy atom. The van der Waals surface area contributed by atoms with Crippen LogP contribution in [-0.2, 0) is 28.5 Å². The smallest absolute Gasteiger partial charge is 0.272 e. The molecule has 2 aromatic heterocycles. The maximum absolute atomic E-state index is 13.4. The fourth-order valence-corrected chi connectivity index (χ4v) is 2.70. The zero-order valence-corrected chi connectivity index (χ0v) is 13.6. The number of alkyl halides is 2. The summed E-state index contributed by atoms with van der Waals surface area (Å²) in [6.45, 7) is 1.07. The predicted octanol–water partition coefficient (Wildman–Crippen LogP) is 1.43. The van der Waals surface area contributed by atoms with E-state index in [1.807, 2.05) is 0 Å². The van der Waals surface area contributed by atoms with Crippen LogP contribution in [0, 0.1) is 5.92 Å². The van der Waals surface area contributed by atoms with E-state index >= 15 is 0 Å². The van der Waals surface area contributed by atoms with Gasteiger partial charge in [-0.1, -0.05) is 5.21 Å². The summed E-state index contributed by atoms with van der Waals surface area (Å²) in [7, 11) is 0. The molecule has 1 unspecified atom stereocenters. The van der Waals surface area contributed by atoms with Crippen molar-refractivity contribution in [3.8, 4) is 0 Å². The first-order valence-electron chi connectivity index (χ1n) is 7.86. The van der Waals surface area contributed by atoms with Crippen molar-refractivity contribution in [3.05, 3.63) is 41.5 Å². The van der Waals surface area contributed by atoms with Crippen LogP contribution in [0.2, 0.25) is 0 Å². The van der Waals surface area contributed by atoms with Gasteiger partial charge in [0.05, 0.1) is 12.2 Å². The largest absolute Gasteiger partial charge is 0.296 e. The molecule has 0 radical (unpaired) electrons. The summed E-state index contributed by atoms with van der Waals surface area (Å²) in [4.78, 5) is 26.8. The molecule has 1 saturated heterocycles. The molecule has 25 heavy (non-hydrogen) atoms. The molecule has 7 nitrogen and oxygen atoms in total. The first kappa shape index (κ1) is 17.1. The normalized spacial score (nSPS) is 18.3. The summed E-state index contributed by atoms with van der Waals surface area (Å²) in [6.07, 6.45) is 5.48. The lowest BCUT2D eigenvalue weighted by atomic mass is 9.94. The van der Waals surface area contributed by atoms with Crippen molar-refractivity contribution in [1.29, 1.82) is 0 Å². The van der Waals surface area contributed by atoms with E-state index in [1.54, 1.807) is 6.20 Å². The van der Waals surface area contributed by atoms with Crippen molar-refractivity contribution in [3.63, 3.8) is 0 Å². The number of hydrogen-bond donors (Lipinski definition) is 1. The van der Waals surface area contributed by atoms with Crippen LogP contribution < -0.4 is 5.32 Å². The van der Waals surface area contributed by atoms with Gasteiger partial charge >= 0.3 is 0 Å². The van der Waals surface area contributed by atoms with Gasteiger partial charge in [0.1, 0.15) is 0 Å². The third-order valence-corrected chi connectivity index (χ3v) is 4.04. The predicted molar refractivity (Wildman–Crippen MR) is 82.5 cm³/mol. The summed E-state index contributed by atoms with van der Waals surface area (Å²) < 4.78 is 28.2. The summed E-state index contributed by atoms with van der Waals surface area (Å²) >= 11 is 0. The minimum Gasteiger partial charge on any atom is -0.296 e. The Bertz CT molecular complexity index is 800. The molecule has 3 heterocycles. The number of carbonyl (C=O) groups is 2. The van der Waals surface area contributed by atoms with E-state index in [4.69, 9.17) is 0 Å². The highest BCUT2D eigenvalue weighted by molar-refractivity contribution is 5.98. The number of aromatic nitrogens is 4.